The summed E-state index contributed by atoms with van der Waals surface area (Å²) in [6.07, 6.45) is -4.47. The van der Waals surface area contributed by atoms with Crippen LogP contribution in [0.15, 0.2) is 4.66 Å². The minimum absolute atomic E-state index is 1.04. The van der Waals surface area contributed by atoms with Crippen molar-refractivity contribution in [1.82, 2.24) is 0 Å². The Morgan fingerprint density at radius 3 is 1.39 bits per heavy atom. The van der Waals surface area contributed by atoms with Gasteiger partial charge in [-0.2, -0.15) is 24.3 Å². The van der Waals surface area contributed by atoms with E-state index in [9.17, 15) is 13.2 Å². The van der Waals surface area contributed by atoms with Crippen LogP contribution in [0.1, 0.15) is 20.8 Å². The van der Waals surface area contributed by atoms with Gasteiger partial charge in [-0.3, -0.25) is 4.66 Å². The van der Waals surface area contributed by atoms with Gasteiger partial charge in [0.05, 0.1) is 0 Å². The number of nitrogens with zero attached hydrogens (tertiary/aromatic N) is 1. The maximum Gasteiger partial charge on any atom is 0.465 e. The van der Waals surface area contributed by atoms with Crippen molar-refractivity contribution in [3.8, 4) is 0 Å². The minimum Gasteiger partial charge on any atom is -0.529 e. The Kier molecular flexibility index (Phi) is 10.6. The summed E-state index contributed by atoms with van der Waals surface area (Å²) in [5.74, 6) is -1.04. The zero-order valence-electron chi connectivity index (χ0n) is 16.0. The van der Waals surface area contributed by atoms with Crippen molar-refractivity contribution in [2.45, 2.75) is 84.4 Å². The normalized spacial score (nSPS) is 14.2. The first-order chi connectivity index (χ1) is 9.99. The van der Waals surface area contributed by atoms with Crippen molar-refractivity contribution in [2.75, 3.05) is 0 Å². The molecule has 0 N–H and O–H groups in total. The van der Waals surface area contributed by atoms with E-state index in [1.165, 1.54) is 18.1 Å². The second-order valence-electron chi connectivity index (χ2n) is 7.51. The molecule has 0 aliphatic heterocycles. The van der Waals surface area contributed by atoms with E-state index < -0.39 is 36.0 Å². The quantitative estimate of drug-likeness (QED) is 0.211. The van der Waals surface area contributed by atoms with Crippen LogP contribution in [0.3, 0.4) is 0 Å². The molecule has 0 heterocycles. The first-order valence-electron chi connectivity index (χ1n) is 8.04. The maximum absolute atomic E-state index is 12.6. The Balaban J connectivity index is 0. The molecule has 0 unspecified atom stereocenters. The molecule has 0 amide bonds. The lowest BCUT2D eigenvalue weighted by atomic mass is 10.7. The van der Waals surface area contributed by atoms with Crippen molar-refractivity contribution in [2.24, 2.45) is 4.66 Å². The predicted octanol–water partition coefficient (Wildman–Crippen LogP) is 6.86. The number of rotatable bonds is 5. The highest BCUT2D eigenvalue weighted by Gasteiger charge is 2.41. The molecule has 0 aromatic carbocycles. The third-order valence-corrected chi connectivity index (χ3v) is 10.9. The standard InChI is InChI=1S/C8H18F3NOSi2.C6H15ClSi/c1-14(2,3)12-7(8(9,10)11)13-15(4,5)6;1-4-8(7,5-2)6-3/h1-6H3;4-6H2,1-3H3/b12-7+;. The molecule has 0 spiro atoms. The SMILES string of the molecule is CC[Si](Cl)(CC)CC.C[Si](C)(C)/N=C(/O[Si](C)(C)C)C(F)(F)F. The molecule has 9 heteroatoms. The molecule has 0 aliphatic carbocycles. The second-order valence-corrected chi connectivity index (χ2v) is 23.3. The summed E-state index contributed by atoms with van der Waals surface area (Å²) in [4.78, 5) is 0. The van der Waals surface area contributed by atoms with Crippen molar-refractivity contribution < 1.29 is 17.6 Å². The van der Waals surface area contributed by atoms with Gasteiger partial charge in [-0.1, -0.05) is 20.8 Å². The second kappa shape index (κ2) is 9.62. The van der Waals surface area contributed by atoms with Crippen LogP contribution in [0.25, 0.3) is 0 Å². The molecular weight excluding hydrogens is 375 g/mol. The van der Waals surface area contributed by atoms with Crippen LogP contribution in [0.4, 0.5) is 13.2 Å². The van der Waals surface area contributed by atoms with Gasteiger partial charge in [0.1, 0.15) is 0 Å². The highest BCUT2D eigenvalue weighted by atomic mass is 35.6. The summed E-state index contributed by atoms with van der Waals surface area (Å²) < 4.78 is 46.4. The van der Waals surface area contributed by atoms with Crippen LogP contribution in [0.2, 0.25) is 57.4 Å². The summed E-state index contributed by atoms with van der Waals surface area (Å²) in [6, 6.07) is 3.67. The molecule has 0 saturated carbocycles. The first-order valence-corrected chi connectivity index (χ1v) is 18.5. The molecule has 0 bridgehead atoms. The highest BCUT2D eigenvalue weighted by Crippen LogP contribution is 2.24. The van der Waals surface area contributed by atoms with E-state index in [0.717, 1.165) is 0 Å². The van der Waals surface area contributed by atoms with E-state index in [4.69, 9.17) is 15.5 Å². The number of halogens is 4. The van der Waals surface area contributed by atoms with Crippen molar-refractivity contribution >= 4 is 40.9 Å². The Labute approximate surface area is 147 Å². The average molecular weight is 408 g/mol. The molecule has 2 nitrogen and oxygen atoms in total. The molecule has 140 valence electrons. The van der Waals surface area contributed by atoms with Crippen LogP contribution in [0, 0.1) is 0 Å². The van der Waals surface area contributed by atoms with Crippen LogP contribution in [-0.2, 0) is 4.43 Å². The fraction of sp³-hybridized carbons (Fsp3) is 0.929. The topological polar surface area (TPSA) is 21.6 Å². The van der Waals surface area contributed by atoms with Crippen molar-refractivity contribution in [1.29, 1.82) is 0 Å². The van der Waals surface area contributed by atoms with Gasteiger partial charge < -0.3 is 4.43 Å². The first kappa shape index (κ1) is 25.4. The van der Waals surface area contributed by atoms with Crippen LogP contribution in [-0.4, -0.2) is 36.0 Å². The zero-order chi connectivity index (χ0) is 19.1. The third kappa shape index (κ3) is 14.3. The van der Waals surface area contributed by atoms with Crippen LogP contribution < -0.4 is 0 Å². The molecule has 0 fully saturated rings. The molecule has 0 radical (unpaired) electrons. The van der Waals surface area contributed by atoms with Crippen molar-refractivity contribution in [3.63, 3.8) is 0 Å². The largest absolute Gasteiger partial charge is 0.529 e. The van der Waals surface area contributed by atoms with E-state index in [-0.39, 0.29) is 0 Å². The molecule has 0 saturated heterocycles. The van der Waals surface area contributed by atoms with Gasteiger partial charge in [0, 0.05) is 0 Å². The summed E-state index contributed by atoms with van der Waals surface area (Å²) in [5, 5.41) is 0. The molecule has 0 atom stereocenters. The molecule has 0 aromatic heterocycles. The van der Waals surface area contributed by atoms with Gasteiger partial charge in [-0.15, -0.1) is 0 Å². The molecule has 0 rings (SSSR count). The lowest BCUT2D eigenvalue weighted by Gasteiger charge is -2.24. The summed E-state index contributed by atoms with van der Waals surface area (Å²) in [6.45, 7) is 16.9. The summed E-state index contributed by atoms with van der Waals surface area (Å²) >= 11 is 6.23. The Bertz CT molecular complexity index is 365. The highest BCUT2D eigenvalue weighted by molar-refractivity contribution is 7.20. The summed E-state index contributed by atoms with van der Waals surface area (Å²) in [5.41, 5.74) is 0. The van der Waals surface area contributed by atoms with Crippen molar-refractivity contribution in [3.05, 3.63) is 0 Å². The Morgan fingerprint density at radius 2 is 1.26 bits per heavy atom. The average Bonchev–Trinajstić information content (AvgIpc) is 2.33. The minimum atomic E-state index is -4.47. The molecule has 0 aromatic rings. The zero-order valence-corrected chi connectivity index (χ0v) is 19.7. The van der Waals surface area contributed by atoms with Gasteiger partial charge in [-0.25, -0.2) is 0 Å². The van der Waals surface area contributed by atoms with E-state index in [1.54, 1.807) is 39.3 Å². The maximum atomic E-state index is 12.6. The fourth-order valence-electron chi connectivity index (χ4n) is 1.49. The lowest BCUT2D eigenvalue weighted by molar-refractivity contribution is -0.0713. The van der Waals surface area contributed by atoms with Crippen LogP contribution >= 0.6 is 11.1 Å². The Morgan fingerprint density at radius 1 is 0.913 bits per heavy atom. The number of alkyl halides is 3. The monoisotopic (exact) mass is 407 g/mol. The van der Waals surface area contributed by atoms with Gasteiger partial charge in [0.2, 0.25) is 8.32 Å². The molecule has 23 heavy (non-hydrogen) atoms. The van der Waals surface area contributed by atoms with Gasteiger partial charge >= 0.3 is 6.18 Å². The Hall–Kier alpha value is 0.201. The number of hydrogen-bond acceptors (Lipinski definition) is 2. The van der Waals surface area contributed by atoms with Gasteiger partial charge in [0.15, 0.2) is 15.6 Å². The van der Waals surface area contributed by atoms with E-state index >= 15 is 0 Å². The van der Waals surface area contributed by atoms with Crippen LogP contribution in [0.5, 0.6) is 0 Å². The van der Waals surface area contributed by atoms with E-state index in [0.29, 0.717) is 0 Å². The fourth-order valence-corrected chi connectivity index (χ4v) is 4.60. The van der Waals surface area contributed by atoms with Gasteiger partial charge in [0.25, 0.3) is 5.90 Å². The molecular formula is C14H33ClF3NOSi3. The lowest BCUT2D eigenvalue weighted by Crippen LogP contribution is -2.39. The summed E-state index contributed by atoms with van der Waals surface area (Å²) in [7, 11) is -5.62. The molecule has 0 aliphatic rings. The number of hydrogen-bond donors (Lipinski definition) is 0. The van der Waals surface area contributed by atoms with E-state index in [2.05, 4.69) is 25.4 Å². The van der Waals surface area contributed by atoms with Gasteiger partial charge in [-0.05, 0) is 57.4 Å². The third-order valence-electron chi connectivity index (χ3n) is 2.98. The van der Waals surface area contributed by atoms with E-state index in [1.807, 2.05) is 0 Å². The smallest absolute Gasteiger partial charge is 0.465 e. The predicted molar refractivity (Wildman–Crippen MR) is 104 cm³/mol.